The van der Waals surface area contributed by atoms with Gasteiger partial charge in [-0.1, -0.05) is 13.8 Å². The summed E-state index contributed by atoms with van der Waals surface area (Å²) in [5.74, 6) is 1.35. The summed E-state index contributed by atoms with van der Waals surface area (Å²) in [5.41, 5.74) is 0.953. The molecule has 4 rings (SSSR count). The monoisotopic (exact) mass is 428 g/mol. The summed E-state index contributed by atoms with van der Waals surface area (Å²) in [5, 5.41) is 14.5. The lowest BCUT2D eigenvalue weighted by atomic mass is 10.0. The van der Waals surface area contributed by atoms with Gasteiger partial charge < -0.3 is 19.2 Å². The highest BCUT2D eigenvalue weighted by Gasteiger charge is 2.29. The Kier molecular flexibility index (Phi) is 5.67. The van der Waals surface area contributed by atoms with Gasteiger partial charge in [0.25, 0.3) is 11.8 Å². The van der Waals surface area contributed by atoms with Gasteiger partial charge in [-0.15, -0.1) is 21.5 Å². The van der Waals surface area contributed by atoms with Crippen LogP contribution in [0.5, 0.6) is 0 Å². The molecule has 0 saturated heterocycles. The topological polar surface area (TPSA) is 106 Å². The number of nitrogens with zero attached hydrogens (tertiary/aromatic N) is 5. The van der Waals surface area contributed by atoms with E-state index in [-0.39, 0.29) is 23.8 Å². The van der Waals surface area contributed by atoms with Gasteiger partial charge in [0.1, 0.15) is 17.8 Å². The number of hydrogen-bond acceptors (Lipinski definition) is 7. The van der Waals surface area contributed by atoms with Crippen molar-refractivity contribution in [1.29, 1.82) is 0 Å². The SMILES string of the molecule is Cc1nc(C(=O)N2CCc3nnc(C(NC(=O)c4ccoc4)C(C)C)n3CC2)cs1. The number of hydrogen-bond donors (Lipinski definition) is 1. The third-order valence-corrected chi connectivity index (χ3v) is 5.97. The molecule has 0 radical (unpaired) electrons. The summed E-state index contributed by atoms with van der Waals surface area (Å²) in [7, 11) is 0. The zero-order valence-electron chi connectivity index (χ0n) is 17.2. The Hall–Kier alpha value is -3.01. The van der Waals surface area contributed by atoms with Crippen molar-refractivity contribution in [2.45, 2.75) is 39.8 Å². The molecule has 158 valence electrons. The summed E-state index contributed by atoms with van der Waals surface area (Å²) in [6, 6.07) is 1.32. The largest absolute Gasteiger partial charge is 0.472 e. The lowest BCUT2D eigenvalue weighted by molar-refractivity contribution is 0.0753. The molecule has 0 fully saturated rings. The lowest BCUT2D eigenvalue weighted by Crippen LogP contribution is -2.35. The highest BCUT2D eigenvalue weighted by atomic mass is 32.1. The van der Waals surface area contributed by atoms with Crippen LogP contribution < -0.4 is 5.32 Å². The lowest BCUT2D eigenvalue weighted by Gasteiger charge is -2.23. The molecule has 1 atom stereocenters. The number of thiazole rings is 1. The number of carbonyl (C=O) groups excluding carboxylic acids is 2. The average Bonchev–Trinajstić information content (AvgIpc) is 3.45. The Balaban J connectivity index is 1.52. The van der Waals surface area contributed by atoms with Crippen molar-refractivity contribution in [3.8, 4) is 0 Å². The number of carbonyl (C=O) groups is 2. The van der Waals surface area contributed by atoms with Crippen molar-refractivity contribution >= 4 is 23.2 Å². The second-order valence-electron chi connectivity index (χ2n) is 7.63. The van der Waals surface area contributed by atoms with E-state index >= 15 is 0 Å². The molecule has 0 spiro atoms. The van der Waals surface area contributed by atoms with E-state index in [1.54, 1.807) is 16.3 Å². The minimum absolute atomic E-state index is 0.0618. The molecule has 1 N–H and O–H groups in total. The predicted octanol–water partition coefficient (Wildman–Crippen LogP) is 2.46. The van der Waals surface area contributed by atoms with E-state index in [9.17, 15) is 9.59 Å². The van der Waals surface area contributed by atoms with Gasteiger partial charge in [-0.25, -0.2) is 4.98 Å². The Morgan fingerprint density at radius 1 is 1.23 bits per heavy atom. The van der Waals surface area contributed by atoms with Gasteiger partial charge in [0.15, 0.2) is 5.82 Å². The van der Waals surface area contributed by atoms with Gasteiger partial charge >= 0.3 is 0 Å². The molecule has 3 aromatic heterocycles. The Morgan fingerprint density at radius 2 is 2.07 bits per heavy atom. The Labute approximate surface area is 178 Å². The zero-order chi connectivity index (χ0) is 21.3. The maximum Gasteiger partial charge on any atom is 0.273 e. The fourth-order valence-electron chi connectivity index (χ4n) is 3.55. The maximum absolute atomic E-state index is 12.8. The quantitative estimate of drug-likeness (QED) is 0.669. The second-order valence-corrected chi connectivity index (χ2v) is 8.69. The highest BCUT2D eigenvalue weighted by molar-refractivity contribution is 7.09. The fraction of sp³-hybridized carbons (Fsp3) is 0.450. The van der Waals surface area contributed by atoms with E-state index in [0.717, 1.165) is 10.8 Å². The van der Waals surface area contributed by atoms with Crippen LogP contribution in [0.2, 0.25) is 0 Å². The molecule has 1 unspecified atom stereocenters. The van der Waals surface area contributed by atoms with E-state index in [2.05, 4.69) is 20.5 Å². The summed E-state index contributed by atoms with van der Waals surface area (Å²) in [6.45, 7) is 7.60. The van der Waals surface area contributed by atoms with Gasteiger partial charge in [0.05, 0.1) is 22.9 Å². The van der Waals surface area contributed by atoms with Gasteiger partial charge in [0, 0.05) is 31.4 Å². The Morgan fingerprint density at radius 3 is 2.73 bits per heavy atom. The first kappa shape index (κ1) is 20.3. The van der Waals surface area contributed by atoms with E-state index < -0.39 is 0 Å². The van der Waals surface area contributed by atoms with Crippen molar-refractivity contribution in [2.75, 3.05) is 13.1 Å². The van der Waals surface area contributed by atoms with Crippen molar-refractivity contribution in [1.82, 2.24) is 30.0 Å². The molecular weight excluding hydrogens is 404 g/mol. The molecule has 2 amide bonds. The van der Waals surface area contributed by atoms with Crippen LogP contribution in [0.1, 0.15) is 57.4 Å². The zero-order valence-corrected chi connectivity index (χ0v) is 18.0. The summed E-state index contributed by atoms with van der Waals surface area (Å²) in [6.07, 6.45) is 3.49. The fourth-order valence-corrected chi connectivity index (χ4v) is 4.14. The van der Waals surface area contributed by atoms with Crippen molar-refractivity contribution < 1.29 is 14.0 Å². The van der Waals surface area contributed by atoms with Crippen LogP contribution in [0, 0.1) is 12.8 Å². The van der Waals surface area contributed by atoms with Crippen LogP contribution in [0.25, 0.3) is 0 Å². The third-order valence-electron chi connectivity index (χ3n) is 5.19. The average molecular weight is 429 g/mol. The van der Waals surface area contributed by atoms with Crippen molar-refractivity contribution in [3.05, 3.63) is 51.9 Å². The molecule has 1 aliphatic heterocycles. The van der Waals surface area contributed by atoms with Crippen molar-refractivity contribution in [3.63, 3.8) is 0 Å². The van der Waals surface area contributed by atoms with Gasteiger partial charge in [0.2, 0.25) is 0 Å². The number of nitrogens with one attached hydrogen (secondary N) is 1. The molecule has 0 saturated carbocycles. The summed E-state index contributed by atoms with van der Waals surface area (Å²) >= 11 is 1.47. The normalized spacial score (nSPS) is 15.0. The molecule has 0 aliphatic carbocycles. The number of furan rings is 1. The third kappa shape index (κ3) is 4.00. The first-order chi connectivity index (χ1) is 14.4. The number of fused-ring (bicyclic) bond motifs is 1. The van der Waals surface area contributed by atoms with E-state index in [4.69, 9.17) is 4.42 Å². The number of aromatic nitrogens is 4. The van der Waals surface area contributed by atoms with Gasteiger partial charge in [-0.3, -0.25) is 9.59 Å². The van der Waals surface area contributed by atoms with Crippen LogP contribution in [0.4, 0.5) is 0 Å². The van der Waals surface area contributed by atoms with Crippen LogP contribution in [-0.2, 0) is 13.0 Å². The summed E-state index contributed by atoms with van der Waals surface area (Å²) < 4.78 is 7.04. The minimum Gasteiger partial charge on any atom is -0.472 e. The van der Waals surface area contributed by atoms with E-state index in [0.29, 0.717) is 43.1 Å². The molecule has 1 aliphatic rings. The van der Waals surface area contributed by atoms with Crippen LogP contribution in [0.3, 0.4) is 0 Å². The molecule has 4 heterocycles. The molecular formula is C20H24N6O3S. The standard InChI is InChI=1S/C20H24N6O3S/c1-12(2)17(22-19(27)14-5-9-29-10-14)18-24-23-16-4-6-25(7-8-26(16)18)20(28)15-11-30-13(3)21-15/h5,9-12,17H,4,6-8H2,1-3H3,(H,22,27). The molecule has 3 aromatic rings. The number of rotatable bonds is 5. The molecule has 30 heavy (non-hydrogen) atoms. The van der Waals surface area contributed by atoms with Crippen LogP contribution in [0.15, 0.2) is 28.4 Å². The Bertz CT molecular complexity index is 1040. The first-order valence-electron chi connectivity index (χ1n) is 9.90. The molecule has 9 nitrogen and oxygen atoms in total. The minimum atomic E-state index is -0.308. The van der Waals surface area contributed by atoms with Crippen LogP contribution in [-0.4, -0.2) is 49.6 Å². The molecule has 0 bridgehead atoms. The first-order valence-corrected chi connectivity index (χ1v) is 10.8. The van der Waals surface area contributed by atoms with Crippen molar-refractivity contribution in [2.24, 2.45) is 5.92 Å². The number of aryl methyl sites for hydroxylation is 1. The predicted molar refractivity (Wildman–Crippen MR) is 110 cm³/mol. The van der Waals surface area contributed by atoms with Crippen LogP contribution >= 0.6 is 11.3 Å². The number of amides is 2. The molecule has 0 aromatic carbocycles. The van der Waals surface area contributed by atoms with E-state index in [1.165, 1.54) is 23.9 Å². The van der Waals surface area contributed by atoms with E-state index in [1.807, 2.05) is 25.3 Å². The second kappa shape index (κ2) is 8.39. The summed E-state index contributed by atoms with van der Waals surface area (Å²) in [4.78, 5) is 31.5. The van der Waals surface area contributed by atoms with Gasteiger partial charge in [-0.2, -0.15) is 0 Å². The highest BCUT2D eigenvalue weighted by Crippen LogP contribution is 2.23. The van der Waals surface area contributed by atoms with Gasteiger partial charge in [-0.05, 0) is 18.9 Å². The maximum atomic E-state index is 12.8. The smallest absolute Gasteiger partial charge is 0.273 e. The molecule has 10 heteroatoms.